The number of anilines is 1. The van der Waals surface area contributed by atoms with E-state index in [1.165, 1.54) is 6.92 Å². The molecule has 5 nitrogen and oxygen atoms in total. The van der Waals surface area contributed by atoms with Crippen molar-refractivity contribution in [2.75, 3.05) is 11.9 Å². The number of carboxylic acids is 1. The fourth-order valence-corrected chi connectivity index (χ4v) is 1.93. The number of aryl methyl sites for hydroxylation is 1. The molecule has 0 aromatic carbocycles. The van der Waals surface area contributed by atoms with E-state index in [9.17, 15) is 18.4 Å². The molecule has 1 aromatic heterocycles. The van der Waals surface area contributed by atoms with Crippen molar-refractivity contribution in [2.45, 2.75) is 13.3 Å². The van der Waals surface area contributed by atoms with Gasteiger partial charge in [0.15, 0.2) is 0 Å². The van der Waals surface area contributed by atoms with Crippen LogP contribution < -0.4 is 4.90 Å². The third kappa shape index (κ3) is 2.16. The van der Waals surface area contributed by atoms with E-state index >= 15 is 0 Å². The molecule has 0 atom stereocenters. The van der Waals surface area contributed by atoms with Crippen molar-refractivity contribution < 1.29 is 23.5 Å². The molecule has 1 N–H and O–H groups in total. The zero-order valence-electron chi connectivity index (χ0n) is 8.40. The van der Waals surface area contributed by atoms with Gasteiger partial charge in [0.1, 0.15) is 10.6 Å². The molecule has 0 bridgehead atoms. The van der Waals surface area contributed by atoms with Crippen LogP contribution in [0, 0.1) is 6.92 Å². The minimum absolute atomic E-state index is 0.0877. The minimum atomic E-state index is -3.17. The lowest BCUT2D eigenvalue weighted by Gasteiger charge is -2.14. The second-order valence-corrected chi connectivity index (χ2v) is 3.70. The number of rotatable bonds is 3. The first kappa shape index (κ1) is 12.5. The molecule has 1 heterocycles. The maximum absolute atomic E-state index is 12.1. The van der Waals surface area contributed by atoms with E-state index in [0.29, 0.717) is 16.4 Å². The van der Waals surface area contributed by atoms with Crippen molar-refractivity contribution >= 4 is 28.4 Å². The fraction of sp³-hybridized carbons (Fsp3) is 0.375. The van der Waals surface area contributed by atoms with Gasteiger partial charge in [0, 0.05) is 7.05 Å². The average Bonchev–Trinajstić information content (AvgIpc) is 2.57. The first-order valence-corrected chi connectivity index (χ1v) is 4.89. The maximum atomic E-state index is 12.1. The molecule has 88 valence electrons. The van der Waals surface area contributed by atoms with Crippen molar-refractivity contribution in [1.29, 1.82) is 0 Å². The summed E-state index contributed by atoms with van der Waals surface area (Å²) in [6, 6.07) is 0. The summed E-state index contributed by atoms with van der Waals surface area (Å²) in [6.45, 7) is 1.43. The number of hydrogen-bond acceptors (Lipinski definition) is 4. The van der Waals surface area contributed by atoms with Crippen LogP contribution in [-0.4, -0.2) is 34.8 Å². The molecule has 1 rings (SSSR count). The highest BCUT2D eigenvalue weighted by atomic mass is 32.1. The molecular formula is C8H8F2N2O3S. The normalized spacial score (nSPS) is 10.6. The summed E-state index contributed by atoms with van der Waals surface area (Å²) in [7, 11) is 1.09. The van der Waals surface area contributed by atoms with Crippen molar-refractivity contribution in [3.63, 3.8) is 0 Å². The van der Waals surface area contributed by atoms with Gasteiger partial charge >= 0.3 is 12.4 Å². The predicted molar refractivity (Wildman–Crippen MR) is 53.2 cm³/mol. The van der Waals surface area contributed by atoms with Crippen LogP contribution in [0.1, 0.15) is 16.1 Å². The second kappa shape index (κ2) is 4.52. The van der Waals surface area contributed by atoms with Gasteiger partial charge in [0.25, 0.3) is 5.91 Å². The Morgan fingerprint density at radius 2 is 2.06 bits per heavy atom. The smallest absolute Gasteiger partial charge is 0.340 e. The molecule has 0 fully saturated rings. The standard InChI is InChI=1S/C8H8F2N2O3S/c1-3-4(8(14)15)7(16-11-3)12(2)6(13)5(9)10/h5H,1-2H3,(H,14,15). The minimum Gasteiger partial charge on any atom is -0.478 e. The molecule has 1 aromatic rings. The number of aromatic carboxylic acids is 1. The summed E-state index contributed by atoms with van der Waals surface area (Å²) in [5.74, 6) is -2.75. The summed E-state index contributed by atoms with van der Waals surface area (Å²) >= 11 is 0.699. The van der Waals surface area contributed by atoms with Gasteiger partial charge in [-0.2, -0.15) is 13.2 Å². The molecular weight excluding hydrogens is 242 g/mol. The van der Waals surface area contributed by atoms with E-state index in [-0.39, 0.29) is 16.3 Å². The van der Waals surface area contributed by atoms with Gasteiger partial charge in [-0.1, -0.05) is 0 Å². The number of amides is 1. The Morgan fingerprint density at radius 3 is 2.50 bits per heavy atom. The Balaban J connectivity index is 3.14. The zero-order chi connectivity index (χ0) is 12.5. The monoisotopic (exact) mass is 250 g/mol. The summed E-state index contributed by atoms with van der Waals surface area (Å²) in [4.78, 5) is 22.4. The van der Waals surface area contributed by atoms with Crippen LogP contribution in [0.3, 0.4) is 0 Å². The van der Waals surface area contributed by atoms with E-state index in [1.54, 1.807) is 0 Å². The van der Waals surface area contributed by atoms with Crippen LogP contribution in [0.25, 0.3) is 0 Å². The summed E-state index contributed by atoms with van der Waals surface area (Å²) in [6.07, 6.45) is -3.17. The van der Waals surface area contributed by atoms with E-state index in [0.717, 1.165) is 7.05 Å². The Bertz CT molecular complexity index is 433. The highest BCUT2D eigenvalue weighted by Gasteiger charge is 2.28. The second-order valence-electron chi connectivity index (χ2n) is 2.95. The van der Waals surface area contributed by atoms with Crippen LogP contribution >= 0.6 is 11.5 Å². The molecule has 0 spiro atoms. The number of carbonyl (C=O) groups is 2. The Morgan fingerprint density at radius 1 is 1.50 bits per heavy atom. The number of carboxylic acid groups (broad SMARTS) is 1. The van der Waals surface area contributed by atoms with Gasteiger partial charge in [-0.25, -0.2) is 4.79 Å². The van der Waals surface area contributed by atoms with Gasteiger partial charge in [-0.3, -0.25) is 9.69 Å². The van der Waals surface area contributed by atoms with Crippen molar-refractivity contribution in [2.24, 2.45) is 0 Å². The van der Waals surface area contributed by atoms with Crippen LogP contribution in [0.5, 0.6) is 0 Å². The lowest BCUT2D eigenvalue weighted by Crippen LogP contribution is -2.32. The van der Waals surface area contributed by atoms with E-state index in [2.05, 4.69) is 4.37 Å². The highest BCUT2D eigenvalue weighted by molar-refractivity contribution is 7.11. The number of alkyl halides is 2. The lowest BCUT2D eigenvalue weighted by molar-refractivity contribution is -0.128. The molecule has 0 saturated carbocycles. The van der Waals surface area contributed by atoms with E-state index in [1.807, 2.05) is 0 Å². The highest BCUT2D eigenvalue weighted by Crippen LogP contribution is 2.28. The number of carbonyl (C=O) groups excluding carboxylic acids is 1. The number of nitrogens with zero attached hydrogens (tertiary/aromatic N) is 2. The summed E-state index contributed by atoms with van der Waals surface area (Å²) < 4.78 is 28.0. The van der Waals surface area contributed by atoms with E-state index < -0.39 is 18.3 Å². The predicted octanol–water partition coefficient (Wildman–Crippen LogP) is 1.38. The van der Waals surface area contributed by atoms with Gasteiger partial charge in [0.2, 0.25) is 0 Å². The van der Waals surface area contributed by atoms with Gasteiger partial charge in [0.05, 0.1) is 5.69 Å². The Labute approximate surface area is 93.5 Å². The van der Waals surface area contributed by atoms with Crippen LogP contribution in [-0.2, 0) is 4.79 Å². The summed E-state index contributed by atoms with van der Waals surface area (Å²) in [5.41, 5.74) is -0.0251. The van der Waals surface area contributed by atoms with Crippen LogP contribution in [0.15, 0.2) is 0 Å². The Hall–Kier alpha value is -1.57. The quantitative estimate of drug-likeness (QED) is 0.879. The van der Waals surface area contributed by atoms with Crippen molar-refractivity contribution in [3.8, 4) is 0 Å². The summed E-state index contributed by atoms with van der Waals surface area (Å²) in [5, 5.41) is 8.76. The molecule has 0 radical (unpaired) electrons. The molecule has 0 aliphatic rings. The Kier molecular flexibility index (Phi) is 3.53. The van der Waals surface area contributed by atoms with E-state index in [4.69, 9.17) is 5.11 Å². The molecule has 0 aliphatic carbocycles. The van der Waals surface area contributed by atoms with Gasteiger partial charge in [-0.15, -0.1) is 0 Å². The average molecular weight is 250 g/mol. The van der Waals surface area contributed by atoms with Gasteiger partial charge in [-0.05, 0) is 18.5 Å². The number of halogens is 2. The maximum Gasteiger partial charge on any atom is 0.340 e. The molecule has 16 heavy (non-hydrogen) atoms. The van der Waals surface area contributed by atoms with Crippen molar-refractivity contribution in [1.82, 2.24) is 4.37 Å². The number of hydrogen-bond donors (Lipinski definition) is 1. The first-order chi connectivity index (χ1) is 7.36. The SMILES string of the molecule is Cc1nsc(N(C)C(=O)C(F)F)c1C(=O)O. The molecule has 0 saturated heterocycles. The number of aromatic nitrogens is 1. The third-order valence-corrected chi connectivity index (χ3v) is 2.90. The molecule has 8 heteroatoms. The van der Waals surface area contributed by atoms with Crippen LogP contribution in [0.4, 0.5) is 13.8 Å². The lowest BCUT2D eigenvalue weighted by atomic mass is 10.2. The first-order valence-electron chi connectivity index (χ1n) is 4.11. The molecule has 0 unspecified atom stereocenters. The molecule has 0 aliphatic heterocycles. The molecule has 1 amide bonds. The van der Waals surface area contributed by atoms with Crippen LogP contribution in [0.2, 0.25) is 0 Å². The topological polar surface area (TPSA) is 70.5 Å². The third-order valence-electron chi connectivity index (χ3n) is 1.88. The zero-order valence-corrected chi connectivity index (χ0v) is 9.22. The fourth-order valence-electron chi connectivity index (χ4n) is 1.08. The van der Waals surface area contributed by atoms with Crippen molar-refractivity contribution in [3.05, 3.63) is 11.3 Å². The largest absolute Gasteiger partial charge is 0.478 e. The van der Waals surface area contributed by atoms with Gasteiger partial charge < -0.3 is 5.11 Å².